The SMILES string of the molecule is CCC(C(=O)NC)N(Cc1cccc(OC)c1)C(=O)CN(c1cccc(C)c1)S(C)(=O)=O. The molecule has 8 nitrogen and oxygen atoms in total. The molecule has 0 heterocycles. The molecule has 0 saturated heterocycles. The summed E-state index contributed by atoms with van der Waals surface area (Å²) in [4.78, 5) is 27.4. The van der Waals surface area contributed by atoms with Gasteiger partial charge in [0.25, 0.3) is 0 Å². The van der Waals surface area contributed by atoms with Crippen molar-refractivity contribution in [2.45, 2.75) is 32.9 Å². The molecule has 1 N–H and O–H groups in total. The van der Waals surface area contributed by atoms with Crippen LogP contribution in [-0.2, 0) is 26.2 Å². The first-order chi connectivity index (χ1) is 15.1. The number of nitrogens with one attached hydrogen (secondary N) is 1. The number of nitrogens with zero attached hydrogens (tertiary/aromatic N) is 2. The molecule has 0 fully saturated rings. The fourth-order valence-electron chi connectivity index (χ4n) is 3.45. The molecule has 0 aliphatic carbocycles. The van der Waals surface area contributed by atoms with Crippen molar-refractivity contribution in [2.75, 3.05) is 31.3 Å². The van der Waals surface area contributed by atoms with Crippen LogP contribution in [0.3, 0.4) is 0 Å². The lowest BCUT2D eigenvalue weighted by Gasteiger charge is -2.32. The van der Waals surface area contributed by atoms with Gasteiger partial charge in [-0.1, -0.05) is 31.2 Å². The van der Waals surface area contributed by atoms with Gasteiger partial charge in [-0.2, -0.15) is 0 Å². The summed E-state index contributed by atoms with van der Waals surface area (Å²) in [7, 11) is -0.682. The summed E-state index contributed by atoms with van der Waals surface area (Å²) in [6.07, 6.45) is 1.43. The molecule has 2 aromatic carbocycles. The van der Waals surface area contributed by atoms with Gasteiger partial charge >= 0.3 is 0 Å². The Labute approximate surface area is 190 Å². The number of rotatable bonds is 10. The van der Waals surface area contributed by atoms with E-state index < -0.39 is 28.5 Å². The minimum absolute atomic E-state index is 0.132. The van der Waals surface area contributed by atoms with Crippen molar-refractivity contribution in [1.29, 1.82) is 0 Å². The van der Waals surface area contributed by atoms with Crippen molar-refractivity contribution < 1.29 is 22.7 Å². The fourth-order valence-corrected chi connectivity index (χ4v) is 4.29. The summed E-state index contributed by atoms with van der Waals surface area (Å²) in [5, 5.41) is 2.59. The van der Waals surface area contributed by atoms with Crippen molar-refractivity contribution in [2.24, 2.45) is 0 Å². The topological polar surface area (TPSA) is 96.0 Å². The van der Waals surface area contributed by atoms with Gasteiger partial charge in [0.15, 0.2) is 0 Å². The number of ether oxygens (including phenoxy) is 1. The smallest absolute Gasteiger partial charge is 0.244 e. The van der Waals surface area contributed by atoms with Gasteiger partial charge in [-0.05, 0) is 48.7 Å². The molecule has 0 bridgehead atoms. The second kappa shape index (κ2) is 11.0. The molecule has 2 rings (SSSR count). The van der Waals surface area contributed by atoms with Crippen LogP contribution in [0.15, 0.2) is 48.5 Å². The number of sulfonamides is 1. The van der Waals surface area contributed by atoms with E-state index in [1.165, 1.54) is 11.9 Å². The molecule has 0 spiro atoms. The number of benzene rings is 2. The predicted molar refractivity (Wildman–Crippen MR) is 125 cm³/mol. The van der Waals surface area contributed by atoms with Crippen LogP contribution < -0.4 is 14.4 Å². The molecule has 0 saturated carbocycles. The zero-order valence-corrected chi connectivity index (χ0v) is 20.0. The van der Waals surface area contributed by atoms with E-state index in [4.69, 9.17) is 4.74 Å². The zero-order valence-electron chi connectivity index (χ0n) is 19.2. The summed E-state index contributed by atoms with van der Waals surface area (Å²) in [5.41, 5.74) is 2.03. The van der Waals surface area contributed by atoms with Gasteiger partial charge in [-0.25, -0.2) is 8.42 Å². The Balaban J connectivity index is 2.43. The monoisotopic (exact) mass is 461 g/mol. The molecule has 0 aliphatic heterocycles. The number of amides is 2. The standard InChI is InChI=1S/C23H31N3O5S/c1-6-21(23(28)24-3)25(15-18-10-8-12-20(14-18)31-4)22(27)16-26(32(5,29)30)19-11-7-9-17(2)13-19/h7-14,21H,6,15-16H2,1-5H3,(H,24,28). The quantitative estimate of drug-likeness (QED) is 0.586. The van der Waals surface area contributed by atoms with Crippen LogP contribution in [0.4, 0.5) is 5.69 Å². The number of carbonyl (C=O) groups excluding carboxylic acids is 2. The number of hydrogen-bond acceptors (Lipinski definition) is 5. The van der Waals surface area contributed by atoms with Crippen molar-refractivity contribution in [1.82, 2.24) is 10.2 Å². The minimum Gasteiger partial charge on any atom is -0.497 e. The normalized spacial score (nSPS) is 12.0. The molecular formula is C23H31N3O5S. The van der Waals surface area contributed by atoms with Gasteiger partial charge < -0.3 is 15.0 Å². The summed E-state index contributed by atoms with van der Waals surface area (Å²) in [6, 6.07) is 13.4. The maximum Gasteiger partial charge on any atom is 0.244 e. The highest BCUT2D eigenvalue weighted by Crippen LogP contribution is 2.21. The highest BCUT2D eigenvalue weighted by atomic mass is 32.2. The lowest BCUT2D eigenvalue weighted by Crippen LogP contribution is -2.51. The Morgan fingerprint density at radius 2 is 1.81 bits per heavy atom. The van der Waals surface area contributed by atoms with Crippen molar-refractivity contribution in [3.05, 3.63) is 59.7 Å². The third kappa shape index (κ3) is 6.46. The van der Waals surface area contributed by atoms with E-state index in [1.807, 2.05) is 19.1 Å². The van der Waals surface area contributed by atoms with Crippen LogP contribution >= 0.6 is 0 Å². The van der Waals surface area contributed by atoms with E-state index in [9.17, 15) is 18.0 Å². The molecule has 0 aliphatic rings. The molecular weight excluding hydrogens is 430 g/mol. The second-order valence-electron chi connectivity index (χ2n) is 7.52. The first-order valence-electron chi connectivity index (χ1n) is 10.3. The maximum atomic E-state index is 13.4. The number of hydrogen-bond donors (Lipinski definition) is 1. The Bertz CT molecular complexity index is 1060. The lowest BCUT2D eigenvalue weighted by molar-refractivity contribution is -0.140. The van der Waals surface area contributed by atoms with E-state index in [0.717, 1.165) is 21.7 Å². The molecule has 2 aromatic rings. The Morgan fingerprint density at radius 3 is 2.38 bits per heavy atom. The summed E-state index contributed by atoms with van der Waals surface area (Å²) >= 11 is 0. The highest BCUT2D eigenvalue weighted by Gasteiger charge is 2.31. The van der Waals surface area contributed by atoms with Crippen molar-refractivity contribution >= 4 is 27.5 Å². The molecule has 0 radical (unpaired) electrons. The average molecular weight is 462 g/mol. The maximum absolute atomic E-state index is 13.4. The van der Waals surface area contributed by atoms with E-state index in [0.29, 0.717) is 17.9 Å². The molecule has 2 amide bonds. The largest absolute Gasteiger partial charge is 0.497 e. The van der Waals surface area contributed by atoms with Crippen LogP contribution in [0.1, 0.15) is 24.5 Å². The molecule has 174 valence electrons. The number of anilines is 1. The van der Waals surface area contributed by atoms with Gasteiger partial charge in [0, 0.05) is 13.6 Å². The van der Waals surface area contributed by atoms with Gasteiger partial charge in [-0.3, -0.25) is 13.9 Å². The number of methoxy groups -OCH3 is 1. The summed E-state index contributed by atoms with van der Waals surface area (Å²) in [6.45, 7) is 3.37. The molecule has 0 aromatic heterocycles. The van der Waals surface area contributed by atoms with Crippen molar-refractivity contribution in [3.8, 4) is 5.75 Å². The number of carbonyl (C=O) groups is 2. The third-order valence-electron chi connectivity index (χ3n) is 5.09. The van der Waals surface area contributed by atoms with Crippen LogP contribution in [0.25, 0.3) is 0 Å². The fraction of sp³-hybridized carbons (Fsp3) is 0.391. The predicted octanol–water partition coefficient (Wildman–Crippen LogP) is 2.32. The first-order valence-corrected chi connectivity index (χ1v) is 12.1. The third-order valence-corrected chi connectivity index (χ3v) is 6.23. The van der Waals surface area contributed by atoms with E-state index in [-0.39, 0.29) is 12.5 Å². The molecule has 9 heteroatoms. The Hall–Kier alpha value is -3.07. The van der Waals surface area contributed by atoms with Crippen molar-refractivity contribution in [3.63, 3.8) is 0 Å². The zero-order chi connectivity index (χ0) is 23.9. The van der Waals surface area contributed by atoms with Crippen LogP contribution in [0.5, 0.6) is 5.75 Å². The second-order valence-corrected chi connectivity index (χ2v) is 9.43. The number of likely N-dealkylation sites (N-methyl/N-ethyl adjacent to an activating group) is 1. The average Bonchev–Trinajstić information content (AvgIpc) is 2.76. The van der Waals surface area contributed by atoms with Crippen LogP contribution in [-0.4, -0.2) is 58.1 Å². The minimum atomic E-state index is -3.74. The Kier molecular flexibility index (Phi) is 8.65. The van der Waals surface area contributed by atoms with Gasteiger partial charge in [0.2, 0.25) is 21.8 Å². The molecule has 1 unspecified atom stereocenters. The summed E-state index contributed by atoms with van der Waals surface area (Å²) in [5.74, 6) is -0.166. The van der Waals surface area contributed by atoms with Gasteiger partial charge in [0.1, 0.15) is 18.3 Å². The molecule has 1 atom stereocenters. The van der Waals surface area contributed by atoms with E-state index in [1.54, 1.807) is 50.4 Å². The van der Waals surface area contributed by atoms with E-state index >= 15 is 0 Å². The van der Waals surface area contributed by atoms with E-state index in [2.05, 4.69) is 5.32 Å². The molecule has 32 heavy (non-hydrogen) atoms. The van der Waals surface area contributed by atoms with Crippen LogP contribution in [0.2, 0.25) is 0 Å². The summed E-state index contributed by atoms with van der Waals surface area (Å²) < 4.78 is 31.4. The van der Waals surface area contributed by atoms with Gasteiger partial charge in [-0.15, -0.1) is 0 Å². The lowest BCUT2D eigenvalue weighted by atomic mass is 10.1. The number of aryl methyl sites for hydroxylation is 1. The van der Waals surface area contributed by atoms with Gasteiger partial charge in [0.05, 0.1) is 19.1 Å². The van der Waals surface area contributed by atoms with Crippen LogP contribution in [0, 0.1) is 6.92 Å². The Morgan fingerprint density at radius 1 is 1.12 bits per heavy atom. The first kappa shape index (κ1) is 25.2. The highest BCUT2D eigenvalue weighted by molar-refractivity contribution is 7.92.